The van der Waals surface area contributed by atoms with Gasteiger partial charge in [0.05, 0.1) is 0 Å². The summed E-state index contributed by atoms with van der Waals surface area (Å²) in [5.41, 5.74) is 3.41. The number of para-hydroxylation sites is 1. The Morgan fingerprint density at radius 3 is 2.85 bits per heavy atom. The lowest BCUT2D eigenvalue weighted by atomic mass is 10.1. The number of nitrogens with one attached hydrogen (secondary N) is 3. The van der Waals surface area contributed by atoms with Gasteiger partial charge in [0, 0.05) is 49.3 Å². The molecule has 0 radical (unpaired) electrons. The summed E-state index contributed by atoms with van der Waals surface area (Å²) >= 11 is 0. The Balaban J connectivity index is 1.70. The van der Waals surface area contributed by atoms with Crippen molar-refractivity contribution in [2.75, 3.05) is 26.2 Å². The molecular weight excluding hydrogens is 252 g/mol. The number of fused-ring (bicyclic) bond motifs is 1. The van der Waals surface area contributed by atoms with E-state index in [4.69, 9.17) is 0 Å². The molecule has 1 aromatic carbocycles. The van der Waals surface area contributed by atoms with E-state index >= 15 is 0 Å². The first-order valence-corrected chi connectivity index (χ1v) is 7.05. The lowest BCUT2D eigenvalue weighted by molar-refractivity contribution is 0.190. The maximum Gasteiger partial charge on any atom is 0.317 e. The fourth-order valence-corrected chi connectivity index (χ4v) is 2.71. The third-order valence-corrected chi connectivity index (χ3v) is 3.85. The normalized spacial score (nSPS) is 15.6. The maximum absolute atomic E-state index is 12.1. The van der Waals surface area contributed by atoms with Crippen molar-refractivity contribution in [2.24, 2.45) is 0 Å². The van der Waals surface area contributed by atoms with Gasteiger partial charge >= 0.3 is 6.03 Å². The number of H-pyrrole nitrogens is 1. The first-order valence-electron chi connectivity index (χ1n) is 7.05. The molecule has 0 unspecified atom stereocenters. The number of carbonyl (C=O) groups is 1. The number of urea groups is 1. The van der Waals surface area contributed by atoms with Gasteiger partial charge in [0.15, 0.2) is 0 Å². The molecule has 1 fully saturated rings. The van der Waals surface area contributed by atoms with Gasteiger partial charge in [0.25, 0.3) is 0 Å². The monoisotopic (exact) mass is 272 g/mol. The van der Waals surface area contributed by atoms with E-state index in [1.54, 1.807) is 0 Å². The van der Waals surface area contributed by atoms with Gasteiger partial charge in [-0.25, -0.2) is 4.79 Å². The minimum absolute atomic E-state index is 0.0242. The molecule has 0 saturated carbocycles. The molecule has 5 heteroatoms. The Morgan fingerprint density at radius 1 is 1.30 bits per heavy atom. The number of aromatic amines is 1. The van der Waals surface area contributed by atoms with Crippen LogP contribution in [0.1, 0.15) is 11.3 Å². The van der Waals surface area contributed by atoms with Gasteiger partial charge in [0.2, 0.25) is 0 Å². The molecule has 0 bridgehead atoms. The van der Waals surface area contributed by atoms with E-state index in [1.807, 2.05) is 24.0 Å². The van der Waals surface area contributed by atoms with Gasteiger partial charge in [0.1, 0.15) is 0 Å². The number of hydrogen-bond donors (Lipinski definition) is 3. The number of rotatable bonds is 2. The number of aromatic nitrogens is 1. The van der Waals surface area contributed by atoms with Crippen molar-refractivity contribution in [3.05, 3.63) is 35.5 Å². The Morgan fingerprint density at radius 2 is 2.05 bits per heavy atom. The fraction of sp³-hybridized carbons (Fsp3) is 0.400. The smallest absolute Gasteiger partial charge is 0.317 e. The summed E-state index contributed by atoms with van der Waals surface area (Å²) in [6, 6.07) is 8.21. The highest BCUT2D eigenvalue weighted by atomic mass is 16.2. The topological polar surface area (TPSA) is 60.2 Å². The SMILES string of the molecule is Cc1[nH]c2ccccc2c1CNC(=O)N1CCNCC1. The predicted molar refractivity (Wildman–Crippen MR) is 79.7 cm³/mol. The second-order valence-electron chi connectivity index (χ2n) is 5.17. The first kappa shape index (κ1) is 13.0. The number of hydrogen-bond acceptors (Lipinski definition) is 2. The number of carbonyl (C=O) groups excluding carboxylic acids is 1. The zero-order valence-corrected chi connectivity index (χ0v) is 11.7. The summed E-state index contributed by atoms with van der Waals surface area (Å²) in [6.45, 7) is 5.92. The maximum atomic E-state index is 12.1. The minimum Gasteiger partial charge on any atom is -0.358 e. The number of nitrogens with zero attached hydrogens (tertiary/aromatic N) is 1. The molecule has 0 spiro atoms. The molecule has 106 valence electrons. The molecule has 3 rings (SSSR count). The number of piperazine rings is 1. The summed E-state index contributed by atoms with van der Waals surface area (Å²) in [6.07, 6.45) is 0. The third kappa shape index (κ3) is 2.49. The molecule has 1 aromatic heterocycles. The minimum atomic E-state index is 0.0242. The number of benzene rings is 1. The molecule has 1 saturated heterocycles. The van der Waals surface area contributed by atoms with E-state index in [2.05, 4.69) is 27.8 Å². The lowest BCUT2D eigenvalue weighted by Crippen LogP contribution is -2.50. The molecule has 20 heavy (non-hydrogen) atoms. The molecule has 1 aliphatic heterocycles. The van der Waals surface area contributed by atoms with Crippen LogP contribution in [0.25, 0.3) is 10.9 Å². The molecule has 3 N–H and O–H groups in total. The quantitative estimate of drug-likeness (QED) is 0.777. The second-order valence-corrected chi connectivity index (χ2v) is 5.17. The molecule has 1 aliphatic rings. The first-order chi connectivity index (χ1) is 9.75. The third-order valence-electron chi connectivity index (χ3n) is 3.85. The van der Waals surface area contributed by atoms with Crippen LogP contribution < -0.4 is 10.6 Å². The highest BCUT2D eigenvalue weighted by Crippen LogP contribution is 2.21. The van der Waals surface area contributed by atoms with E-state index in [0.717, 1.165) is 37.4 Å². The van der Waals surface area contributed by atoms with Crippen LogP contribution in [0.2, 0.25) is 0 Å². The Kier molecular flexibility index (Phi) is 3.60. The van der Waals surface area contributed by atoms with E-state index in [9.17, 15) is 4.79 Å². The molecule has 2 heterocycles. The van der Waals surface area contributed by atoms with Crippen molar-refractivity contribution in [2.45, 2.75) is 13.5 Å². The van der Waals surface area contributed by atoms with Crippen LogP contribution in [-0.2, 0) is 6.54 Å². The van der Waals surface area contributed by atoms with E-state index in [1.165, 1.54) is 10.9 Å². The van der Waals surface area contributed by atoms with Gasteiger partial charge in [-0.3, -0.25) is 0 Å². The van der Waals surface area contributed by atoms with Crippen LogP contribution in [-0.4, -0.2) is 42.1 Å². The van der Waals surface area contributed by atoms with Crippen LogP contribution in [0.15, 0.2) is 24.3 Å². The molecule has 5 nitrogen and oxygen atoms in total. The highest BCUT2D eigenvalue weighted by molar-refractivity contribution is 5.85. The van der Waals surface area contributed by atoms with Crippen LogP contribution in [0.5, 0.6) is 0 Å². The average molecular weight is 272 g/mol. The molecule has 0 atom stereocenters. The molecule has 2 amide bonds. The van der Waals surface area contributed by atoms with Crippen LogP contribution >= 0.6 is 0 Å². The van der Waals surface area contributed by atoms with Crippen LogP contribution in [0.4, 0.5) is 4.79 Å². The van der Waals surface area contributed by atoms with Gasteiger partial charge < -0.3 is 20.5 Å². The van der Waals surface area contributed by atoms with E-state index in [-0.39, 0.29) is 6.03 Å². The highest BCUT2D eigenvalue weighted by Gasteiger charge is 2.16. The zero-order valence-electron chi connectivity index (χ0n) is 11.7. The lowest BCUT2D eigenvalue weighted by Gasteiger charge is -2.27. The second kappa shape index (κ2) is 5.54. The number of aryl methyl sites for hydroxylation is 1. The summed E-state index contributed by atoms with van der Waals surface area (Å²) in [7, 11) is 0. The van der Waals surface area contributed by atoms with Crippen LogP contribution in [0, 0.1) is 6.92 Å². The Bertz CT molecular complexity index is 613. The van der Waals surface area contributed by atoms with Crippen molar-refractivity contribution < 1.29 is 4.79 Å². The number of amides is 2. The van der Waals surface area contributed by atoms with Gasteiger partial charge in [-0.2, -0.15) is 0 Å². The molecular formula is C15H20N4O. The van der Waals surface area contributed by atoms with Gasteiger partial charge in [-0.15, -0.1) is 0 Å². The van der Waals surface area contributed by atoms with Crippen LogP contribution in [0.3, 0.4) is 0 Å². The van der Waals surface area contributed by atoms with Crippen molar-refractivity contribution in [1.29, 1.82) is 0 Å². The predicted octanol–water partition coefficient (Wildman–Crippen LogP) is 1.59. The summed E-state index contributed by atoms with van der Waals surface area (Å²) in [4.78, 5) is 17.3. The summed E-state index contributed by atoms with van der Waals surface area (Å²) in [5.74, 6) is 0. The Hall–Kier alpha value is -2.01. The fourth-order valence-electron chi connectivity index (χ4n) is 2.71. The Labute approximate surface area is 118 Å². The van der Waals surface area contributed by atoms with E-state index < -0.39 is 0 Å². The molecule has 0 aliphatic carbocycles. The largest absolute Gasteiger partial charge is 0.358 e. The van der Waals surface area contributed by atoms with E-state index in [0.29, 0.717) is 6.54 Å². The summed E-state index contributed by atoms with van der Waals surface area (Å²) < 4.78 is 0. The standard InChI is InChI=1S/C15H20N4O/c1-11-13(12-4-2-3-5-14(12)18-11)10-17-15(20)19-8-6-16-7-9-19/h2-5,16,18H,6-10H2,1H3,(H,17,20). The summed E-state index contributed by atoms with van der Waals surface area (Å²) in [5, 5.41) is 7.46. The van der Waals surface area contributed by atoms with Crippen molar-refractivity contribution in [1.82, 2.24) is 20.5 Å². The van der Waals surface area contributed by atoms with Crippen molar-refractivity contribution in [3.63, 3.8) is 0 Å². The van der Waals surface area contributed by atoms with Crippen molar-refractivity contribution in [3.8, 4) is 0 Å². The van der Waals surface area contributed by atoms with Gasteiger partial charge in [-0.05, 0) is 18.6 Å². The zero-order chi connectivity index (χ0) is 13.9. The average Bonchev–Trinajstić information content (AvgIpc) is 2.81. The van der Waals surface area contributed by atoms with Crippen molar-refractivity contribution >= 4 is 16.9 Å². The van der Waals surface area contributed by atoms with Gasteiger partial charge in [-0.1, -0.05) is 18.2 Å². The molecule has 2 aromatic rings.